The molecular formula is C15H15ClN2O2. The highest BCUT2D eigenvalue weighted by molar-refractivity contribution is 6.34. The number of hydrogen-bond acceptors (Lipinski definition) is 3. The number of ether oxygens (including phenoxy) is 1. The van der Waals surface area contributed by atoms with Crippen molar-refractivity contribution in [3.8, 4) is 11.5 Å². The first-order valence-electron chi connectivity index (χ1n) is 6.12. The van der Waals surface area contributed by atoms with Gasteiger partial charge in [-0.1, -0.05) is 23.7 Å². The number of nitrogens with two attached hydrogens (primary N) is 1. The molecule has 0 aromatic heterocycles. The second-order valence-corrected chi connectivity index (χ2v) is 4.68. The zero-order valence-corrected chi connectivity index (χ0v) is 11.5. The predicted molar refractivity (Wildman–Crippen MR) is 79.8 cm³/mol. The van der Waals surface area contributed by atoms with Crippen LogP contribution in [0.15, 0.2) is 42.5 Å². The van der Waals surface area contributed by atoms with E-state index in [1.54, 1.807) is 18.2 Å². The van der Waals surface area contributed by atoms with E-state index in [1.165, 1.54) is 0 Å². The Labute approximate surface area is 122 Å². The van der Waals surface area contributed by atoms with Crippen LogP contribution in [0.3, 0.4) is 0 Å². The number of halogens is 1. The molecule has 0 atom stereocenters. The second kappa shape index (κ2) is 6.41. The Balaban J connectivity index is 2.13. The minimum Gasteiger partial charge on any atom is -0.457 e. The van der Waals surface area contributed by atoms with Crippen molar-refractivity contribution in [3.05, 3.63) is 58.6 Å². The summed E-state index contributed by atoms with van der Waals surface area (Å²) in [4.78, 5) is 0. The van der Waals surface area contributed by atoms with E-state index in [9.17, 15) is 0 Å². The van der Waals surface area contributed by atoms with E-state index in [4.69, 9.17) is 32.6 Å². The van der Waals surface area contributed by atoms with Crippen LogP contribution >= 0.6 is 11.6 Å². The van der Waals surface area contributed by atoms with Crippen LogP contribution in [0.2, 0.25) is 5.02 Å². The van der Waals surface area contributed by atoms with Crippen molar-refractivity contribution in [2.45, 2.75) is 6.42 Å². The highest BCUT2D eigenvalue weighted by Crippen LogP contribution is 2.26. The van der Waals surface area contributed by atoms with Crippen LogP contribution in [0.1, 0.15) is 11.1 Å². The van der Waals surface area contributed by atoms with E-state index in [1.807, 2.05) is 24.3 Å². The summed E-state index contributed by atoms with van der Waals surface area (Å²) < 4.78 is 5.67. The van der Waals surface area contributed by atoms with Gasteiger partial charge in [0.1, 0.15) is 17.3 Å². The highest BCUT2D eigenvalue weighted by Gasteiger charge is 2.06. The van der Waals surface area contributed by atoms with Gasteiger partial charge in [-0.05, 0) is 36.2 Å². The fourth-order valence-electron chi connectivity index (χ4n) is 1.77. The molecule has 0 aliphatic rings. The molecule has 0 aliphatic heterocycles. The summed E-state index contributed by atoms with van der Waals surface area (Å²) in [5.41, 5.74) is 6.93. The smallest absolute Gasteiger partial charge is 0.128 e. The van der Waals surface area contributed by atoms with Gasteiger partial charge in [-0.15, -0.1) is 0 Å². The lowest BCUT2D eigenvalue weighted by Gasteiger charge is -2.08. The Bertz CT molecular complexity index is 612. The summed E-state index contributed by atoms with van der Waals surface area (Å²) in [5, 5.41) is 16.6. The third-order valence-electron chi connectivity index (χ3n) is 2.79. The molecule has 0 saturated carbocycles. The summed E-state index contributed by atoms with van der Waals surface area (Å²) >= 11 is 6.03. The van der Waals surface area contributed by atoms with Crippen molar-refractivity contribution in [3.63, 3.8) is 0 Å². The molecule has 0 unspecified atom stereocenters. The van der Waals surface area contributed by atoms with Crippen molar-refractivity contribution in [1.82, 2.24) is 0 Å². The van der Waals surface area contributed by atoms with Crippen molar-refractivity contribution in [2.75, 3.05) is 6.61 Å². The van der Waals surface area contributed by atoms with E-state index >= 15 is 0 Å². The fourth-order valence-corrected chi connectivity index (χ4v) is 2.04. The number of aliphatic hydroxyl groups is 1. The molecule has 0 spiro atoms. The summed E-state index contributed by atoms with van der Waals surface area (Å²) in [6, 6.07) is 12.5. The van der Waals surface area contributed by atoms with Crippen LogP contribution in [0, 0.1) is 5.41 Å². The highest BCUT2D eigenvalue weighted by atomic mass is 35.5. The third-order valence-corrected chi connectivity index (χ3v) is 3.10. The van der Waals surface area contributed by atoms with Gasteiger partial charge in [0.25, 0.3) is 0 Å². The molecule has 0 fully saturated rings. The summed E-state index contributed by atoms with van der Waals surface area (Å²) in [6.07, 6.45) is 0.624. The summed E-state index contributed by atoms with van der Waals surface area (Å²) in [5.74, 6) is 1.18. The molecule has 4 N–H and O–H groups in total. The minimum atomic E-state index is -0.0742. The van der Waals surface area contributed by atoms with Gasteiger partial charge in [0, 0.05) is 18.2 Å². The maximum absolute atomic E-state index is 8.85. The maximum atomic E-state index is 8.85. The quantitative estimate of drug-likeness (QED) is 0.585. The first-order chi connectivity index (χ1) is 9.60. The van der Waals surface area contributed by atoms with Gasteiger partial charge >= 0.3 is 0 Å². The van der Waals surface area contributed by atoms with Crippen LogP contribution in [-0.4, -0.2) is 17.5 Å². The SMILES string of the molecule is N=C(N)c1ccc(Oc2ccc(CCO)cc2)cc1Cl. The number of nitrogen functional groups attached to an aromatic ring is 1. The molecule has 0 amide bonds. The Morgan fingerprint density at radius 2 is 1.80 bits per heavy atom. The predicted octanol–water partition coefficient (Wildman–Crippen LogP) is 2.95. The zero-order valence-electron chi connectivity index (χ0n) is 10.8. The van der Waals surface area contributed by atoms with E-state index in [0.717, 1.165) is 5.56 Å². The van der Waals surface area contributed by atoms with Gasteiger partial charge in [0.15, 0.2) is 0 Å². The lowest BCUT2D eigenvalue weighted by Crippen LogP contribution is -2.11. The molecule has 0 saturated heterocycles. The van der Waals surface area contributed by atoms with E-state index < -0.39 is 0 Å². The molecule has 2 aromatic carbocycles. The average molecular weight is 291 g/mol. The number of aliphatic hydroxyl groups excluding tert-OH is 1. The number of nitrogens with one attached hydrogen (secondary N) is 1. The lowest BCUT2D eigenvalue weighted by molar-refractivity contribution is 0.299. The van der Waals surface area contributed by atoms with Crippen molar-refractivity contribution in [2.24, 2.45) is 5.73 Å². The second-order valence-electron chi connectivity index (χ2n) is 4.27. The first kappa shape index (κ1) is 14.4. The van der Waals surface area contributed by atoms with Crippen molar-refractivity contribution in [1.29, 1.82) is 5.41 Å². The molecule has 0 heterocycles. The Kier molecular flexibility index (Phi) is 4.61. The number of benzene rings is 2. The van der Waals surface area contributed by atoms with E-state index in [-0.39, 0.29) is 12.4 Å². The van der Waals surface area contributed by atoms with Gasteiger partial charge in [0.2, 0.25) is 0 Å². The lowest BCUT2D eigenvalue weighted by atomic mass is 10.1. The third kappa shape index (κ3) is 3.50. The monoisotopic (exact) mass is 290 g/mol. The molecule has 2 rings (SSSR count). The first-order valence-corrected chi connectivity index (χ1v) is 6.49. The molecule has 4 nitrogen and oxygen atoms in total. The van der Waals surface area contributed by atoms with E-state index in [2.05, 4.69) is 0 Å². The molecule has 0 aliphatic carbocycles. The largest absolute Gasteiger partial charge is 0.457 e. The Hall–Kier alpha value is -2.04. The Morgan fingerprint density at radius 1 is 1.15 bits per heavy atom. The normalized spacial score (nSPS) is 10.3. The van der Waals surface area contributed by atoms with E-state index in [0.29, 0.717) is 28.5 Å². The molecule has 0 bridgehead atoms. The van der Waals surface area contributed by atoms with Gasteiger partial charge < -0.3 is 15.6 Å². The molecule has 2 aromatic rings. The van der Waals surface area contributed by atoms with Crippen LogP contribution in [0.25, 0.3) is 0 Å². The maximum Gasteiger partial charge on any atom is 0.128 e. The molecule has 104 valence electrons. The van der Waals surface area contributed by atoms with Gasteiger partial charge in [-0.3, -0.25) is 5.41 Å². The molecule has 20 heavy (non-hydrogen) atoms. The van der Waals surface area contributed by atoms with Crippen LogP contribution in [0.5, 0.6) is 11.5 Å². The van der Waals surface area contributed by atoms with Crippen molar-refractivity contribution < 1.29 is 9.84 Å². The van der Waals surface area contributed by atoms with Crippen LogP contribution in [-0.2, 0) is 6.42 Å². The van der Waals surface area contributed by atoms with Gasteiger partial charge in [-0.25, -0.2) is 0 Å². The molecule has 0 radical (unpaired) electrons. The zero-order chi connectivity index (χ0) is 14.5. The fraction of sp³-hybridized carbons (Fsp3) is 0.133. The minimum absolute atomic E-state index is 0.0742. The average Bonchev–Trinajstić information content (AvgIpc) is 2.41. The number of rotatable bonds is 5. The molecule has 5 heteroatoms. The Morgan fingerprint density at radius 3 is 2.35 bits per heavy atom. The van der Waals surface area contributed by atoms with Gasteiger partial charge in [-0.2, -0.15) is 0 Å². The summed E-state index contributed by atoms with van der Waals surface area (Å²) in [7, 11) is 0. The van der Waals surface area contributed by atoms with Crippen LogP contribution in [0.4, 0.5) is 0 Å². The molecular weight excluding hydrogens is 276 g/mol. The number of amidine groups is 1. The topological polar surface area (TPSA) is 79.3 Å². The van der Waals surface area contributed by atoms with Gasteiger partial charge in [0.05, 0.1) is 5.02 Å². The number of hydrogen-bond donors (Lipinski definition) is 3. The summed E-state index contributed by atoms with van der Waals surface area (Å²) in [6.45, 7) is 0.127. The standard InChI is InChI=1S/C15H15ClN2O2/c16-14-9-12(5-6-13(14)15(17)18)20-11-3-1-10(2-4-11)7-8-19/h1-6,9,19H,7-8H2,(H3,17,18). The van der Waals surface area contributed by atoms with Crippen molar-refractivity contribution >= 4 is 17.4 Å². The van der Waals surface area contributed by atoms with Crippen LogP contribution < -0.4 is 10.5 Å².